The number of hydrogen-bond donors (Lipinski definition) is 0. The molecule has 0 N–H and O–H groups in total. The van der Waals surface area contributed by atoms with E-state index in [0.29, 0.717) is 11.8 Å². The van der Waals surface area contributed by atoms with Crippen LogP contribution in [0.2, 0.25) is 0 Å². The highest BCUT2D eigenvalue weighted by Gasteiger charge is 2.43. The number of carbonyl (C=O) groups excluding carboxylic acids is 1. The molecule has 2 aliphatic carbocycles. The molecule has 0 amide bonds. The van der Waals surface area contributed by atoms with E-state index in [1.54, 1.807) is 0 Å². The molecule has 2 aliphatic rings. The molecule has 3 rings (SSSR count). The van der Waals surface area contributed by atoms with Crippen molar-refractivity contribution in [3.8, 4) is 0 Å². The minimum absolute atomic E-state index is 0.00468. The summed E-state index contributed by atoms with van der Waals surface area (Å²) in [5.74, 6) is -0.315. The van der Waals surface area contributed by atoms with Crippen molar-refractivity contribution < 1.29 is 13.6 Å². The van der Waals surface area contributed by atoms with E-state index in [4.69, 9.17) is 0 Å². The maximum atomic E-state index is 13.1. The summed E-state index contributed by atoms with van der Waals surface area (Å²) in [6.45, 7) is 0. The summed E-state index contributed by atoms with van der Waals surface area (Å²) in [5.41, 5.74) is 0.194. The summed E-state index contributed by atoms with van der Waals surface area (Å²) in [4.78, 5) is 12.2. The smallest absolute Gasteiger partial charge is 0.166 e. The first-order valence-electron chi connectivity index (χ1n) is 6.14. The van der Waals surface area contributed by atoms with Crippen LogP contribution in [-0.4, -0.2) is 5.78 Å². The predicted molar refractivity (Wildman–Crippen MR) is 59.6 cm³/mol. The van der Waals surface area contributed by atoms with Crippen molar-refractivity contribution in [3.05, 3.63) is 35.4 Å². The third-order valence-corrected chi connectivity index (χ3v) is 4.22. The van der Waals surface area contributed by atoms with Crippen molar-refractivity contribution in [2.75, 3.05) is 0 Å². The van der Waals surface area contributed by atoms with Crippen LogP contribution in [0.25, 0.3) is 0 Å². The normalized spacial score (nSPS) is 30.8. The number of ketones is 1. The number of halogens is 2. The number of carbonyl (C=O) groups is 1. The lowest BCUT2D eigenvalue weighted by Gasteiger charge is -2.20. The van der Waals surface area contributed by atoms with Crippen LogP contribution in [0.4, 0.5) is 8.78 Å². The van der Waals surface area contributed by atoms with Gasteiger partial charge in [-0.25, -0.2) is 8.78 Å². The molecular formula is C14H14F2O. The van der Waals surface area contributed by atoms with Gasteiger partial charge in [0.15, 0.2) is 5.78 Å². The van der Waals surface area contributed by atoms with Gasteiger partial charge in [0.1, 0.15) is 11.6 Å². The summed E-state index contributed by atoms with van der Waals surface area (Å²) in [7, 11) is 0. The molecule has 3 heteroatoms. The minimum Gasteiger partial charge on any atom is -0.294 e. The first kappa shape index (κ1) is 10.9. The first-order valence-corrected chi connectivity index (χ1v) is 6.14. The van der Waals surface area contributed by atoms with Gasteiger partial charge in [0.2, 0.25) is 0 Å². The van der Waals surface area contributed by atoms with E-state index in [0.717, 1.165) is 37.5 Å². The van der Waals surface area contributed by atoms with Gasteiger partial charge in [0.05, 0.1) is 0 Å². The zero-order chi connectivity index (χ0) is 12.0. The summed E-state index contributed by atoms with van der Waals surface area (Å²) in [6, 6.07) is 3.10. The quantitative estimate of drug-likeness (QED) is 0.717. The van der Waals surface area contributed by atoms with Crippen LogP contribution in [0.1, 0.15) is 36.0 Å². The Morgan fingerprint density at radius 3 is 2.29 bits per heavy atom. The van der Waals surface area contributed by atoms with Crippen molar-refractivity contribution in [2.24, 2.45) is 17.8 Å². The molecule has 2 saturated carbocycles. The lowest BCUT2D eigenvalue weighted by Crippen LogP contribution is -2.21. The van der Waals surface area contributed by atoms with Crippen LogP contribution >= 0.6 is 0 Å². The maximum absolute atomic E-state index is 13.1. The van der Waals surface area contributed by atoms with Gasteiger partial charge in [0, 0.05) is 17.5 Å². The second kappa shape index (κ2) is 3.90. The van der Waals surface area contributed by atoms with Gasteiger partial charge >= 0.3 is 0 Å². The Balaban J connectivity index is 1.86. The fourth-order valence-corrected chi connectivity index (χ4v) is 3.48. The highest BCUT2D eigenvalue weighted by atomic mass is 19.1. The molecular weight excluding hydrogens is 222 g/mol. The summed E-state index contributed by atoms with van der Waals surface area (Å²) >= 11 is 0. The van der Waals surface area contributed by atoms with Gasteiger partial charge in [-0.3, -0.25) is 4.79 Å². The summed E-state index contributed by atoms with van der Waals surface area (Å²) < 4.78 is 26.1. The molecule has 0 aromatic heterocycles. The molecule has 0 radical (unpaired) electrons. The van der Waals surface area contributed by atoms with E-state index < -0.39 is 11.6 Å². The number of fused-ring (bicyclic) bond motifs is 2. The Labute approximate surface area is 98.8 Å². The van der Waals surface area contributed by atoms with E-state index in [1.165, 1.54) is 6.42 Å². The van der Waals surface area contributed by atoms with Crippen molar-refractivity contribution in [2.45, 2.75) is 25.7 Å². The third kappa shape index (κ3) is 1.88. The molecule has 1 aromatic rings. The van der Waals surface area contributed by atoms with Crippen molar-refractivity contribution in [1.29, 1.82) is 0 Å². The zero-order valence-corrected chi connectivity index (χ0v) is 9.46. The minimum atomic E-state index is -0.670. The topological polar surface area (TPSA) is 17.1 Å². The molecule has 0 heterocycles. The van der Waals surface area contributed by atoms with Crippen LogP contribution in [0.3, 0.4) is 0 Å². The van der Waals surface area contributed by atoms with E-state index in [-0.39, 0.29) is 17.3 Å². The van der Waals surface area contributed by atoms with E-state index >= 15 is 0 Å². The number of benzene rings is 1. The lowest BCUT2D eigenvalue weighted by molar-refractivity contribution is 0.0874. The second-order valence-electron chi connectivity index (χ2n) is 5.30. The molecule has 0 spiro atoms. The lowest BCUT2D eigenvalue weighted by atomic mass is 9.83. The molecule has 0 aliphatic heterocycles. The Hall–Kier alpha value is -1.25. The molecule has 2 bridgehead atoms. The largest absolute Gasteiger partial charge is 0.294 e. The van der Waals surface area contributed by atoms with Crippen LogP contribution in [-0.2, 0) is 0 Å². The molecule has 1 aromatic carbocycles. The summed E-state index contributed by atoms with van der Waals surface area (Å²) in [5, 5.41) is 0. The fourth-order valence-electron chi connectivity index (χ4n) is 3.48. The maximum Gasteiger partial charge on any atom is 0.166 e. The molecule has 3 atom stereocenters. The van der Waals surface area contributed by atoms with E-state index in [2.05, 4.69) is 0 Å². The predicted octanol–water partition coefficient (Wildman–Crippen LogP) is 3.58. The monoisotopic (exact) mass is 236 g/mol. The second-order valence-corrected chi connectivity index (χ2v) is 5.30. The fraction of sp³-hybridized carbons (Fsp3) is 0.500. The zero-order valence-electron chi connectivity index (χ0n) is 9.46. The number of hydrogen-bond acceptors (Lipinski definition) is 1. The van der Waals surface area contributed by atoms with Crippen LogP contribution < -0.4 is 0 Å². The highest BCUT2D eigenvalue weighted by Crippen LogP contribution is 2.49. The average Bonchev–Trinajstić information content (AvgIpc) is 2.88. The molecule has 90 valence electrons. The SMILES string of the molecule is O=C(c1cc(F)cc(F)c1)C1CC2CCC1C2. The van der Waals surface area contributed by atoms with Gasteiger partial charge in [0.25, 0.3) is 0 Å². The van der Waals surface area contributed by atoms with Crippen LogP contribution in [0.15, 0.2) is 18.2 Å². The van der Waals surface area contributed by atoms with Gasteiger partial charge in [-0.2, -0.15) is 0 Å². The van der Waals surface area contributed by atoms with Crippen LogP contribution in [0.5, 0.6) is 0 Å². The molecule has 3 unspecified atom stereocenters. The van der Waals surface area contributed by atoms with Crippen molar-refractivity contribution in [3.63, 3.8) is 0 Å². The van der Waals surface area contributed by atoms with E-state index in [1.807, 2.05) is 0 Å². The Morgan fingerprint density at radius 2 is 1.76 bits per heavy atom. The van der Waals surface area contributed by atoms with Crippen LogP contribution in [0, 0.1) is 29.4 Å². The van der Waals surface area contributed by atoms with Gasteiger partial charge in [-0.1, -0.05) is 6.42 Å². The third-order valence-electron chi connectivity index (χ3n) is 4.22. The Morgan fingerprint density at radius 1 is 1.06 bits per heavy atom. The number of Topliss-reactive ketones (excluding diaryl/α,β-unsaturated/α-hetero) is 1. The van der Waals surface area contributed by atoms with Crippen molar-refractivity contribution >= 4 is 5.78 Å². The molecule has 17 heavy (non-hydrogen) atoms. The Bertz CT molecular complexity index is 449. The average molecular weight is 236 g/mol. The van der Waals surface area contributed by atoms with Gasteiger partial charge < -0.3 is 0 Å². The van der Waals surface area contributed by atoms with Crippen molar-refractivity contribution in [1.82, 2.24) is 0 Å². The molecule has 2 fully saturated rings. The molecule has 0 saturated heterocycles. The van der Waals surface area contributed by atoms with Gasteiger partial charge in [-0.15, -0.1) is 0 Å². The number of rotatable bonds is 2. The van der Waals surface area contributed by atoms with E-state index in [9.17, 15) is 13.6 Å². The first-order chi connectivity index (χ1) is 8.13. The molecule has 1 nitrogen and oxygen atoms in total. The van der Waals surface area contributed by atoms with Gasteiger partial charge in [-0.05, 0) is 43.2 Å². The summed E-state index contributed by atoms with van der Waals surface area (Å²) in [6.07, 6.45) is 4.33. The Kier molecular flexibility index (Phi) is 2.49. The standard InChI is InChI=1S/C14H14F2O/c15-11-5-10(6-12(16)7-11)14(17)13-4-8-1-2-9(13)3-8/h5-9,13H,1-4H2. The highest BCUT2D eigenvalue weighted by molar-refractivity contribution is 5.98.